The van der Waals surface area contributed by atoms with Crippen LogP contribution in [-0.4, -0.2) is 23.4 Å². The zero-order valence-corrected chi connectivity index (χ0v) is 10.7. The Morgan fingerprint density at radius 3 is 2.31 bits per heavy atom. The van der Waals surface area contributed by atoms with Crippen LogP contribution in [-0.2, 0) is 26.2 Å². The maximum absolute atomic E-state index is 12.1. The first-order valence-corrected chi connectivity index (χ1v) is 7.06. The predicted octanol–water partition coefficient (Wildman–Crippen LogP) is 2.40. The minimum atomic E-state index is -3.13. The summed E-state index contributed by atoms with van der Waals surface area (Å²) in [7, 11) is -3.13. The molecule has 0 saturated carbocycles. The molecule has 0 unspecified atom stereocenters. The monoisotopic (exact) mass is 248 g/mol. The first-order chi connectivity index (χ1) is 7.63. The molecule has 7 heteroatoms. The summed E-state index contributed by atoms with van der Waals surface area (Å²) in [6.07, 6.45) is 0.707. The first kappa shape index (κ1) is 13.4. The van der Waals surface area contributed by atoms with Crippen molar-refractivity contribution in [3.05, 3.63) is 11.7 Å². The fraction of sp³-hybridized carbons (Fsp3) is 0.778. The maximum Gasteiger partial charge on any atom is 0.340 e. The van der Waals surface area contributed by atoms with Crippen molar-refractivity contribution in [2.24, 2.45) is 0 Å². The molecule has 1 aromatic rings. The standard InChI is InChI=1S/C9H17N2O4P/c1-4-8-10-9(15-11-8)7-16(12,13-5-2)14-6-3/h4-7H2,1-3H3. The van der Waals surface area contributed by atoms with Crippen LogP contribution in [0, 0.1) is 0 Å². The van der Waals surface area contributed by atoms with E-state index >= 15 is 0 Å². The molecule has 0 N–H and O–H groups in total. The van der Waals surface area contributed by atoms with Crippen LogP contribution in [0.2, 0.25) is 0 Å². The summed E-state index contributed by atoms with van der Waals surface area (Å²) in [4.78, 5) is 4.07. The summed E-state index contributed by atoms with van der Waals surface area (Å²) in [6, 6.07) is 0. The molecule has 0 aliphatic carbocycles. The van der Waals surface area contributed by atoms with Crippen molar-refractivity contribution in [1.82, 2.24) is 10.1 Å². The molecule has 0 aliphatic heterocycles. The molecule has 0 radical (unpaired) electrons. The van der Waals surface area contributed by atoms with Crippen LogP contribution in [0.5, 0.6) is 0 Å². The molecule has 0 spiro atoms. The fourth-order valence-electron chi connectivity index (χ4n) is 1.19. The lowest BCUT2D eigenvalue weighted by Crippen LogP contribution is -1.99. The molecule has 16 heavy (non-hydrogen) atoms. The third-order valence-corrected chi connectivity index (χ3v) is 3.77. The molecule has 0 bridgehead atoms. The maximum atomic E-state index is 12.1. The Morgan fingerprint density at radius 1 is 1.25 bits per heavy atom. The van der Waals surface area contributed by atoms with Crippen LogP contribution in [0.4, 0.5) is 0 Å². The van der Waals surface area contributed by atoms with Crippen LogP contribution in [0.3, 0.4) is 0 Å². The van der Waals surface area contributed by atoms with Crippen molar-refractivity contribution in [2.45, 2.75) is 33.4 Å². The van der Waals surface area contributed by atoms with Gasteiger partial charge in [0, 0.05) is 6.42 Å². The molecule has 0 amide bonds. The lowest BCUT2D eigenvalue weighted by atomic mass is 10.5. The number of aryl methyl sites for hydroxylation is 1. The zero-order valence-electron chi connectivity index (χ0n) is 9.80. The summed E-state index contributed by atoms with van der Waals surface area (Å²) >= 11 is 0. The van der Waals surface area contributed by atoms with E-state index in [1.54, 1.807) is 13.8 Å². The second-order valence-corrected chi connectivity index (χ2v) is 5.12. The molecule has 0 saturated heterocycles. The highest BCUT2D eigenvalue weighted by Gasteiger charge is 2.27. The van der Waals surface area contributed by atoms with Gasteiger partial charge in [-0.3, -0.25) is 4.57 Å². The van der Waals surface area contributed by atoms with Crippen molar-refractivity contribution in [1.29, 1.82) is 0 Å². The van der Waals surface area contributed by atoms with Gasteiger partial charge in [-0.05, 0) is 13.8 Å². The number of rotatable bonds is 7. The van der Waals surface area contributed by atoms with Crippen LogP contribution in [0.15, 0.2) is 4.52 Å². The number of hydrogen-bond donors (Lipinski definition) is 0. The quantitative estimate of drug-likeness (QED) is 0.690. The Hall–Kier alpha value is -0.710. The van der Waals surface area contributed by atoms with Crippen molar-refractivity contribution < 1.29 is 18.1 Å². The average molecular weight is 248 g/mol. The second kappa shape index (κ2) is 6.13. The average Bonchev–Trinajstić information content (AvgIpc) is 2.65. The van der Waals surface area contributed by atoms with Crippen LogP contribution in [0.25, 0.3) is 0 Å². The third kappa shape index (κ3) is 3.70. The van der Waals surface area contributed by atoms with Gasteiger partial charge in [0.2, 0.25) is 5.89 Å². The van der Waals surface area contributed by atoms with Crippen molar-refractivity contribution in [3.63, 3.8) is 0 Å². The molecular formula is C9H17N2O4P. The van der Waals surface area contributed by atoms with Gasteiger partial charge < -0.3 is 13.6 Å². The van der Waals surface area contributed by atoms with E-state index in [4.69, 9.17) is 13.6 Å². The summed E-state index contributed by atoms with van der Waals surface area (Å²) in [5, 5.41) is 3.72. The molecule has 92 valence electrons. The van der Waals surface area contributed by atoms with Gasteiger partial charge in [0.25, 0.3) is 0 Å². The smallest absolute Gasteiger partial charge is 0.339 e. The Balaban J connectivity index is 2.71. The van der Waals surface area contributed by atoms with Gasteiger partial charge in [0.05, 0.1) is 13.2 Å². The molecule has 1 aromatic heterocycles. The van der Waals surface area contributed by atoms with Gasteiger partial charge in [-0.25, -0.2) is 0 Å². The Kier molecular flexibility index (Phi) is 5.12. The van der Waals surface area contributed by atoms with E-state index in [0.29, 0.717) is 31.3 Å². The Morgan fingerprint density at radius 2 is 1.88 bits per heavy atom. The highest BCUT2D eigenvalue weighted by atomic mass is 31.2. The van der Waals surface area contributed by atoms with E-state index in [2.05, 4.69) is 10.1 Å². The highest BCUT2D eigenvalue weighted by Crippen LogP contribution is 2.50. The van der Waals surface area contributed by atoms with Gasteiger partial charge >= 0.3 is 7.60 Å². The largest absolute Gasteiger partial charge is 0.340 e. The molecule has 1 rings (SSSR count). The van der Waals surface area contributed by atoms with E-state index in [9.17, 15) is 4.57 Å². The first-order valence-electron chi connectivity index (χ1n) is 5.33. The van der Waals surface area contributed by atoms with Crippen molar-refractivity contribution >= 4 is 7.60 Å². The normalized spacial score (nSPS) is 11.9. The number of hydrogen-bond acceptors (Lipinski definition) is 6. The Labute approximate surface area is 94.9 Å². The van der Waals surface area contributed by atoms with Crippen molar-refractivity contribution in [2.75, 3.05) is 13.2 Å². The molecule has 0 aliphatic rings. The number of aromatic nitrogens is 2. The SMILES string of the molecule is CCOP(=O)(Cc1nc(CC)no1)OCC. The van der Waals surface area contributed by atoms with E-state index in [0.717, 1.165) is 0 Å². The van der Waals surface area contributed by atoms with Gasteiger partial charge in [0.1, 0.15) is 6.16 Å². The van der Waals surface area contributed by atoms with Gasteiger partial charge in [0.15, 0.2) is 5.82 Å². The van der Waals surface area contributed by atoms with Crippen LogP contribution >= 0.6 is 7.60 Å². The highest BCUT2D eigenvalue weighted by molar-refractivity contribution is 7.52. The van der Waals surface area contributed by atoms with E-state index in [-0.39, 0.29) is 6.16 Å². The Bertz CT molecular complexity index is 356. The molecule has 0 atom stereocenters. The summed E-state index contributed by atoms with van der Waals surface area (Å²) < 4.78 is 27.3. The zero-order chi connectivity index (χ0) is 12.0. The van der Waals surface area contributed by atoms with Crippen molar-refractivity contribution in [3.8, 4) is 0 Å². The minimum Gasteiger partial charge on any atom is -0.339 e. The lowest BCUT2D eigenvalue weighted by molar-refractivity contribution is 0.215. The summed E-state index contributed by atoms with van der Waals surface area (Å²) in [5.74, 6) is 0.886. The van der Waals surface area contributed by atoms with E-state index < -0.39 is 7.60 Å². The topological polar surface area (TPSA) is 74.5 Å². The molecule has 0 aromatic carbocycles. The third-order valence-electron chi connectivity index (χ3n) is 1.81. The molecule has 0 fully saturated rings. The van der Waals surface area contributed by atoms with Gasteiger partial charge in [-0.1, -0.05) is 12.1 Å². The van der Waals surface area contributed by atoms with Crippen LogP contribution in [0.1, 0.15) is 32.5 Å². The molecule has 1 heterocycles. The summed E-state index contributed by atoms with van der Waals surface area (Å²) in [5.41, 5.74) is 0. The van der Waals surface area contributed by atoms with Crippen LogP contribution < -0.4 is 0 Å². The summed E-state index contributed by atoms with van der Waals surface area (Å²) in [6.45, 7) is 6.09. The predicted molar refractivity (Wildman–Crippen MR) is 58.2 cm³/mol. The minimum absolute atomic E-state index is 0.0294. The fourth-order valence-corrected chi connectivity index (χ4v) is 2.69. The van der Waals surface area contributed by atoms with Gasteiger partial charge in [-0.15, -0.1) is 0 Å². The van der Waals surface area contributed by atoms with E-state index in [1.807, 2.05) is 6.92 Å². The second-order valence-electron chi connectivity index (χ2n) is 3.06. The van der Waals surface area contributed by atoms with Gasteiger partial charge in [-0.2, -0.15) is 4.98 Å². The van der Waals surface area contributed by atoms with E-state index in [1.165, 1.54) is 0 Å². The molecular weight excluding hydrogens is 231 g/mol. The lowest BCUT2D eigenvalue weighted by Gasteiger charge is -2.14. The molecule has 6 nitrogen and oxygen atoms in total. The number of nitrogens with zero attached hydrogens (tertiary/aromatic N) is 2.